The SMILES string of the molecule is CCO[C@@H](c1ccccc1)[C@H](C)N(C)C. The summed E-state index contributed by atoms with van der Waals surface area (Å²) in [6, 6.07) is 10.8. The molecule has 1 aromatic carbocycles. The molecule has 2 heteroatoms. The number of nitrogens with zero attached hydrogens (tertiary/aromatic N) is 1. The Hall–Kier alpha value is -0.860. The van der Waals surface area contributed by atoms with Crippen molar-refractivity contribution >= 4 is 0 Å². The van der Waals surface area contributed by atoms with Gasteiger partial charge in [0.15, 0.2) is 0 Å². The molecule has 0 aliphatic heterocycles. The Morgan fingerprint density at radius 2 is 1.80 bits per heavy atom. The molecule has 0 unspecified atom stereocenters. The lowest BCUT2D eigenvalue weighted by Crippen LogP contribution is -2.32. The van der Waals surface area contributed by atoms with Gasteiger partial charge in [-0.1, -0.05) is 30.3 Å². The van der Waals surface area contributed by atoms with Crippen molar-refractivity contribution in [3.63, 3.8) is 0 Å². The highest BCUT2D eigenvalue weighted by Crippen LogP contribution is 2.23. The second-order valence-corrected chi connectivity index (χ2v) is 3.99. The Labute approximate surface area is 92.9 Å². The number of hydrogen-bond donors (Lipinski definition) is 0. The fourth-order valence-corrected chi connectivity index (χ4v) is 1.61. The summed E-state index contributed by atoms with van der Waals surface area (Å²) in [7, 11) is 4.17. The zero-order valence-electron chi connectivity index (χ0n) is 10.1. The Morgan fingerprint density at radius 3 is 2.27 bits per heavy atom. The zero-order chi connectivity index (χ0) is 11.3. The Morgan fingerprint density at radius 1 is 1.20 bits per heavy atom. The second-order valence-electron chi connectivity index (χ2n) is 3.99. The first-order valence-corrected chi connectivity index (χ1v) is 5.49. The minimum absolute atomic E-state index is 0.159. The smallest absolute Gasteiger partial charge is 0.0976 e. The predicted octanol–water partition coefficient (Wildman–Crippen LogP) is 2.71. The predicted molar refractivity (Wildman–Crippen MR) is 64.0 cm³/mol. The lowest BCUT2D eigenvalue weighted by atomic mass is 10.0. The van der Waals surface area contributed by atoms with Crippen molar-refractivity contribution < 1.29 is 4.74 Å². The summed E-state index contributed by atoms with van der Waals surface area (Å²) in [6.45, 7) is 4.98. The van der Waals surface area contributed by atoms with Gasteiger partial charge in [-0.15, -0.1) is 0 Å². The van der Waals surface area contributed by atoms with E-state index in [1.807, 2.05) is 13.0 Å². The van der Waals surface area contributed by atoms with Crippen LogP contribution in [0.15, 0.2) is 30.3 Å². The van der Waals surface area contributed by atoms with E-state index in [1.54, 1.807) is 0 Å². The molecule has 0 saturated heterocycles. The number of hydrogen-bond acceptors (Lipinski definition) is 2. The van der Waals surface area contributed by atoms with Crippen LogP contribution in [0.4, 0.5) is 0 Å². The molecule has 0 aliphatic rings. The molecule has 0 bridgehead atoms. The van der Waals surface area contributed by atoms with Crippen molar-refractivity contribution in [2.45, 2.75) is 26.0 Å². The fourth-order valence-electron chi connectivity index (χ4n) is 1.61. The average Bonchev–Trinajstić information content (AvgIpc) is 2.26. The average molecular weight is 207 g/mol. The van der Waals surface area contributed by atoms with Gasteiger partial charge in [-0.25, -0.2) is 0 Å². The summed E-state index contributed by atoms with van der Waals surface area (Å²) < 4.78 is 5.81. The molecule has 0 fully saturated rings. The van der Waals surface area contributed by atoms with Gasteiger partial charge in [0.2, 0.25) is 0 Å². The molecule has 2 nitrogen and oxygen atoms in total. The minimum Gasteiger partial charge on any atom is -0.372 e. The number of benzene rings is 1. The van der Waals surface area contributed by atoms with Crippen LogP contribution in [-0.2, 0) is 4.74 Å². The molecule has 2 atom stereocenters. The Balaban J connectivity index is 2.83. The molecule has 0 radical (unpaired) electrons. The fraction of sp³-hybridized carbons (Fsp3) is 0.538. The summed E-state index contributed by atoms with van der Waals surface area (Å²) in [5.41, 5.74) is 1.25. The summed E-state index contributed by atoms with van der Waals surface area (Å²) in [5, 5.41) is 0. The first kappa shape index (κ1) is 12.2. The lowest BCUT2D eigenvalue weighted by molar-refractivity contribution is 0.00981. The van der Waals surface area contributed by atoms with Crippen molar-refractivity contribution in [3.05, 3.63) is 35.9 Å². The third-order valence-corrected chi connectivity index (χ3v) is 2.73. The number of ether oxygens (including phenoxy) is 1. The van der Waals surface area contributed by atoms with Crippen molar-refractivity contribution in [1.29, 1.82) is 0 Å². The molecule has 0 saturated carbocycles. The molecule has 0 N–H and O–H groups in total. The van der Waals surface area contributed by atoms with Crippen LogP contribution in [0.25, 0.3) is 0 Å². The van der Waals surface area contributed by atoms with Gasteiger partial charge in [-0.05, 0) is 33.5 Å². The van der Waals surface area contributed by atoms with Crippen LogP contribution in [0.1, 0.15) is 25.5 Å². The second kappa shape index (κ2) is 5.89. The highest BCUT2D eigenvalue weighted by molar-refractivity contribution is 5.19. The van der Waals surface area contributed by atoms with Gasteiger partial charge in [0.25, 0.3) is 0 Å². The van der Waals surface area contributed by atoms with E-state index < -0.39 is 0 Å². The molecule has 0 amide bonds. The number of likely N-dealkylation sites (N-methyl/N-ethyl adjacent to an activating group) is 1. The molecule has 15 heavy (non-hydrogen) atoms. The van der Waals surface area contributed by atoms with Crippen LogP contribution < -0.4 is 0 Å². The lowest BCUT2D eigenvalue weighted by Gasteiger charge is -2.29. The van der Waals surface area contributed by atoms with Crippen LogP contribution in [-0.4, -0.2) is 31.6 Å². The van der Waals surface area contributed by atoms with Crippen molar-refractivity contribution in [2.75, 3.05) is 20.7 Å². The van der Waals surface area contributed by atoms with Crippen molar-refractivity contribution in [1.82, 2.24) is 4.90 Å². The molecule has 1 rings (SSSR count). The Bertz CT molecular complexity index is 271. The monoisotopic (exact) mass is 207 g/mol. The molecular weight excluding hydrogens is 186 g/mol. The normalized spacial score (nSPS) is 15.3. The van der Waals surface area contributed by atoms with Crippen LogP contribution in [0.3, 0.4) is 0 Å². The summed E-state index contributed by atoms with van der Waals surface area (Å²) >= 11 is 0. The summed E-state index contributed by atoms with van der Waals surface area (Å²) in [5.74, 6) is 0. The molecule has 0 aliphatic carbocycles. The topological polar surface area (TPSA) is 12.5 Å². The molecule has 0 spiro atoms. The molecular formula is C13H21NO. The van der Waals surface area contributed by atoms with E-state index in [2.05, 4.69) is 50.2 Å². The van der Waals surface area contributed by atoms with E-state index in [1.165, 1.54) is 5.56 Å². The molecule has 84 valence electrons. The van der Waals surface area contributed by atoms with Gasteiger partial charge in [0.1, 0.15) is 0 Å². The first-order valence-electron chi connectivity index (χ1n) is 5.49. The van der Waals surface area contributed by atoms with Crippen LogP contribution in [0.5, 0.6) is 0 Å². The highest BCUT2D eigenvalue weighted by Gasteiger charge is 2.20. The van der Waals surface area contributed by atoms with Gasteiger partial charge < -0.3 is 9.64 Å². The highest BCUT2D eigenvalue weighted by atomic mass is 16.5. The van der Waals surface area contributed by atoms with Crippen LogP contribution >= 0.6 is 0 Å². The first-order chi connectivity index (χ1) is 7.16. The molecule has 0 heterocycles. The molecule has 0 aromatic heterocycles. The van der Waals surface area contributed by atoms with Gasteiger partial charge >= 0.3 is 0 Å². The van der Waals surface area contributed by atoms with Gasteiger partial charge in [0.05, 0.1) is 6.10 Å². The van der Waals surface area contributed by atoms with E-state index in [9.17, 15) is 0 Å². The quantitative estimate of drug-likeness (QED) is 0.736. The van der Waals surface area contributed by atoms with Crippen molar-refractivity contribution in [2.24, 2.45) is 0 Å². The standard InChI is InChI=1S/C13H21NO/c1-5-15-13(11(2)14(3)4)12-9-7-6-8-10-12/h6-11,13H,5H2,1-4H3/t11-,13+/m0/s1. The van der Waals surface area contributed by atoms with E-state index in [4.69, 9.17) is 4.74 Å². The maximum atomic E-state index is 5.81. The van der Waals surface area contributed by atoms with E-state index in [0.717, 1.165) is 6.61 Å². The van der Waals surface area contributed by atoms with Gasteiger partial charge in [-0.3, -0.25) is 0 Å². The van der Waals surface area contributed by atoms with Crippen LogP contribution in [0.2, 0.25) is 0 Å². The third kappa shape index (κ3) is 3.33. The summed E-state index contributed by atoms with van der Waals surface area (Å²) in [6.07, 6.45) is 0.159. The van der Waals surface area contributed by atoms with Gasteiger partial charge in [0, 0.05) is 12.6 Å². The Kier molecular flexibility index (Phi) is 4.79. The van der Waals surface area contributed by atoms with E-state index in [0.29, 0.717) is 6.04 Å². The summed E-state index contributed by atoms with van der Waals surface area (Å²) in [4.78, 5) is 2.19. The van der Waals surface area contributed by atoms with E-state index >= 15 is 0 Å². The largest absolute Gasteiger partial charge is 0.372 e. The third-order valence-electron chi connectivity index (χ3n) is 2.73. The minimum atomic E-state index is 0.159. The maximum Gasteiger partial charge on any atom is 0.0976 e. The van der Waals surface area contributed by atoms with Gasteiger partial charge in [-0.2, -0.15) is 0 Å². The maximum absolute atomic E-state index is 5.81. The van der Waals surface area contributed by atoms with Crippen LogP contribution in [0, 0.1) is 0 Å². The van der Waals surface area contributed by atoms with Crippen molar-refractivity contribution in [3.8, 4) is 0 Å². The zero-order valence-corrected chi connectivity index (χ0v) is 10.1. The molecule has 1 aromatic rings. The number of rotatable bonds is 5. The van der Waals surface area contributed by atoms with E-state index in [-0.39, 0.29) is 6.10 Å².